The van der Waals surface area contributed by atoms with Gasteiger partial charge in [0.15, 0.2) is 0 Å². The van der Waals surface area contributed by atoms with Crippen molar-refractivity contribution in [1.29, 1.82) is 0 Å². The van der Waals surface area contributed by atoms with Crippen molar-refractivity contribution in [2.45, 2.75) is 26.3 Å². The quantitative estimate of drug-likeness (QED) is 0.513. The van der Waals surface area contributed by atoms with Gasteiger partial charge in [0.25, 0.3) is 0 Å². The zero-order valence-electron chi connectivity index (χ0n) is 9.23. The molecule has 1 rings (SSSR count). The SMILES string of the molecule is CC(C)[C@H](C(=O)O)C(=O)N[C@@H]1COC(=O)C1. The van der Waals surface area contributed by atoms with Gasteiger partial charge in [-0.05, 0) is 5.92 Å². The van der Waals surface area contributed by atoms with E-state index in [2.05, 4.69) is 10.1 Å². The van der Waals surface area contributed by atoms with Crippen molar-refractivity contribution in [3.63, 3.8) is 0 Å². The highest BCUT2D eigenvalue weighted by molar-refractivity contribution is 5.97. The third kappa shape index (κ3) is 2.95. The Balaban J connectivity index is 2.56. The number of carbonyl (C=O) groups excluding carboxylic acids is 2. The number of rotatable bonds is 4. The molecule has 6 heteroatoms. The van der Waals surface area contributed by atoms with Crippen LogP contribution in [0.25, 0.3) is 0 Å². The van der Waals surface area contributed by atoms with Gasteiger partial charge in [0.05, 0.1) is 12.5 Å². The van der Waals surface area contributed by atoms with Gasteiger partial charge in [0.2, 0.25) is 5.91 Å². The second kappa shape index (κ2) is 4.96. The van der Waals surface area contributed by atoms with Crippen LogP contribution in [0.5, 0.6) is 0 Å². The summed E-state index contributed by atoms with van der Waals surface area (Å²) in [5, 5.41) is 11.4. The summed E-state index contributed by atoms with van der Waals surface area (Å²) < 4.78 is 4.67. The summed E-state index contributed by atoms with van der Waals surface area (Å²) in [6, 6.07) is -0.402. The van der Waals surface area contributed by atoms with E-state index >= 15 is 0 Å². The smallest absolute Gasteiger partial charge is 0.316 e. The van der Waals surface area contributed by atoms with E-state index in [0.29, 0.717) is 0 Å². The van der Waals surface area contributed by atoms with Crippen LogP contribution < -0.4 is 5.32 Å². The Morgan fingerprint density at radius 2 is 2.12 bits per heavy atom. The molecule has 1 amide bonds. The maximum absolute atomic E-state index is 11.6. The van der Waals surface area contributed by atoms with Crippen molar-refractivity contribution < 1.29 is 24.2 Å². The van der Waals surface area contributed by atoms with Crippen LogP contribution in [0.15, 0.2) is 0 Å². The van der Waals surface area contributed by atoms with Crippen LogP contribution in [-0.2, 0) is 19.1 Å². The number of esters is 1. The molecule has 6 nitrogen and oxygen atoms in total. The van der Waals surface area contributed by atoms with Crippen molar-refractivity contribution in [2.75, 3.05) is 6.61 Å². The lowest BCUT2D eigenvalue weighted by molar-refractivity contribution is -0.149. The van der Waals surface area contributed by atoms with Crippen molar-refractivity contribution in [1.82, 2.24) is 5.32 Å². The lowest BCUT2D eigenvalue weighted by atomic mass is 9.95. The van der Waals surface area contributed by atoms with Gasteiger partial charge in [-0.25, -0.2) is 0 Å². The van der Waals surface area contributed by atoms with Gasteiger partial charge in [-0.1, -0.05) is 13.8 Å². The Kier molecular flexibility index (Phi) is 3.87. The molecule has 1 saturated heterocycles. The molecule has 0 aromatic heterocycles. The molecule has 2 atom stereocenters. The lowest BCUT2D eigenvalue weighted by Gasteiger charge is -2.17. The molecule has 0 aliphatic carbocycles. The van der Waals surface area contributed by atoms with Gasteiger partial charge < -0.3 is 15.2 Å². The maximum atomic E-state index is 11.6. The minimum atomic E-state index is -1.15. The van der Waals surface area contributed by atoms with Crippen LogP contribution in [0.3, 0.4) is 0 Å². The van der Waals surface area contributed by atoms with E-state index in [1.807, 2.05) is 0 Å². The Morgan fingerprint density at radius 1 is 1.50 bits per heavy atom. The Morgan fingerprint density at radius 3 is 2.50 bits per heavy atom. The first kappa shape index (κ1) is 12.5. The normalized spacial score (nSPS) is 21.7. The molecule has 0 aromatic rings. The number of hydrogen-bond acceptors (Lipinski definition) is 4. The van der Waals surface area contributed by atoms with Crippen molar-refractivity contribution in [2.24, 2.45) is 11.8 Å². The highest BCUT2D eigenvalue weighted by Gasteiger charge is 2.33. The third-order valence-electron chi connectivity index (χ3n) is 2.42. The summed E-state index contributed by atoms with van der Waals surface area (Å²) in [7, 11) is 0. The standard InChI is InChI=1S/C10H15NO5/c1-5(2)8(10(14)15)9(13)11-6-3-7(12)16-4-6/h5-6,8H,3-4H2,1-2H3,(H,11,13)(H,14,15)/t6-,8-/m0/s1. The molecular weight excluding hydrogens is 214 g/mol. The average Bonchev–Trinajstić information content (AvgIpc) is 2.49. The fourth-order valence-electron chi connectivity index (χ4n) is 1.60. The predicted molar refractivity (Wildman–Crippen MR) is 53.5 cm³/mol. The van der Waals surface area contributed by atoms with Gasteiger partial charge in [-0.2, -0.15) is 0 Å². The fraction of sp³-hybridized carbons (Fsp3) is 0.700. The summed E-state index contributed by atoms with van der Waals surface area (Å²) in [6.07, 6.45) is 0.107. The largest absolute Gasteiger partial charge is 0.481 e. The van der Waals surface area contributed by atoms with E-state index in [4.69, 9.17) is 5.11 Å². The number of cyclic esters (lactones) is 1. The van der Waals surface area contributed by atoms with E-state index in [1.165, 1.54) is 0 Å². The van der Waals surface area contributed by atoms with E-state index < -0.39 is 23.8 Å². The van der Waals surface area contributed by atoms with Gasteiger partial charge in [-0.3, -0.25) is 14.4 Å². The number of carbonyl (C=O) groups is 3. The Bertz CT molecular complexity index is 312. The molecule has 0 unspecified atom stereocenters. The number of hydrogen-bond donors (Lipinski definition) is 2. The maximum Gasteiger partial charge on any atom is 0.316 e. The molecule has 0 spiro atoms. The molecule has 0 radical (unpaired) electrons. The lowest BCUT2D eigenvalue weighted by Crippen LogP contribution is -2.43. The van der Waals surface area contributed by atoms with Crippen LogP contribution in [0, 0.1) is 11.8 Å². The first-order valence-corrected chi connectivity index (χ1v) is 5.10. The Labute approximate surface area is 93.0 Å². The number of nitrogens with one attached hydrogen (secondary N) is 1. The topological polar surface area (TPSA) is 92.7 Å². The molecule has 1 aliphatic rings. The van der Waals surface area contributed by atoms with E-state index in [0.717, 1.165) is 0 Å². The average molecular weight is 229 g/mol. The monoisotopic (exact) mass is 229 g/mol. The molecule has 1 aliphatic heterocycles. The number of amides is 1. The number of carboxylic acids is 1. The highest BCUT2D eigenvalue weighted by Crippen LogP contribution is 2.13. The van der Waals surface area contributed by atoms with Crippen molar-refractivity contribution in [3.05, 3.63) is 0 Å². The molecule has 2 N–H and O–H groups in total. The first-order valence-electron chi connectivity index (χ1n) is 5.10. The number of aliphatic carboxylic acids is 1. The summed E-state index contributed by atoms with van der Waals surface area (Å²) in [4.78, 5) is 33.3. The van der Waals surface area contributed by atoms with Gasteiger partial charge in [0, 0.05) is 0 Å². The van der Waals surface area contributed by atoms with Gasteiger partial charge in [0.1, 0.15) is 12.5 Å². The van der Waals surface area contributed by atoms with Crippen LogP contribution in [0.1, 0.15) is 20.3 Å². The van der Waals surface area contributed by atoms with Crippen LogP contribution in [0.2, 0.25) is 0 Å². The molecule has 0 bridgehead atoms. The minimum Gasteiger partial charge on any atom is -0.481 e. The van der Waals surface area contributed by atoms with E-state index in [-0.39, 0.29) is 24.9 Å². The predicted octanol–water partition coefficient (Wildman–Crippen LogP) is -0.225. The van der Waals surface area contributed by atoms with Crippen LogP contribution in [0.4, 0.5) is 0 Å². The number of ether oxygens (including phenoxy) is 1. The van der Waals surface area contributed by atoms with Crippen molar-refractivity contribution >= 4 is 17.8 Å². The second-order valence-electron chi connectivity index (χ2n) is 4.15. The second-order valence-corrected chi connectivity index (χ2v) is 4.15. The van der Waals surface area contributed by atoms with Crippen LogP contribution >= 0.6 is 0 Å². The molecule has 1 heterocycles. The fourth-order valence-corrected chi connectivity index (χ4v) is 1.60. The summed E-state index contributed by atoms with van der Waals surface area (Å²) >= 11 is 0. The molecule has 16 heavy (non-hydrogen) atoms. The van der Waals surface area contributed by atoms with Crippen molar-refractivity contribution in [3.8, 4) is 0 Å². The third-order valence-corrected chi connectivity index (χ3v) is 2.42. The van der Waals surface area contributed by atoms with E-state index in [9.17, 15) is 14.4 Å². The van der Waals surface area contributed by atoms with Crippen LogP contribution in [-0.4, -0.2) is 35.6 Å². The molecule has 0 saturated carbocycles. The zero-order valence-corrected chi connectivity index (χ0v) is 9.23. The molecular formula is C10H15NO5. The van der Waals surface area contributed by atoms with Gasteiger partial charge in [-0.15, -0.1) is 0 Å². The van der Waals surface area contributed by atoms with E-state index in [1.54, 1.807) is 13.8 Å². The first-order chi connectivity index (χ1) is 7.41. The molecule has 0 aromatic carbocycles. The zero-order chi connectivity index (χ0) is 12.3. The summed E-state index contributed by atoms with van der Waals surface area (Å²) in [5.74, 6) is -3.48. The summed E-state index contributed by atoms with van der Waals surface area (Å²) in [6.45, 7) is 3.44. The Hall–Kier alpha value is -1.59. The molecule has 90 valence electrons. The number of carboxylic acid groups (broad SMARTS) is 1. The van der Waals surface area contributed by atoms with Gasteiger partial charge >= 0.3 is 11.9 Å². The molecule has 1 fully saturated rings. The highest BCUT2D eigenvalue weighted by atomic mass is 16.5. The minimum absolute atomic E-state index is 0.107. The summed E-state index contributed by atoms with van der Waals surface area (Å²) in [5.41, 5.74) is 0.